The standard InChI is InChI=1S/C12H16FN3O3/c1-3-8(11(14)16-18)15-12(17)10-7(13)5-4-6-9(10)19-2/h4-6,8,18H,3H2,1-2H3,(H2,14,16)(H,15,17). The zero-order valence-electron chi connectivity index (χ0n) is 10.7. The first-order valence-corrected chi connectivity index (χ1v) is 5.65. The van der Waals surface area contributed by atoms with Gasteiger partial charge in [-0.25, -0.2) is 4.39 Å². The van der Waals surface area contributed by atoms with Crippen LogP contribution >= 0.6 is 0 Å². The summed E-state index contributed by atoms with van der Waals surface area (Å²) in [5.41, 5.74) is 5.21. The minimum atomic E-state index is -0.703. The molecule has 0 aliphatic heterocycles. The molecule has 0 bridgehead atoms. The highest BCUT2D eigenvalue weighted by Crippen LogP contribution is 2.21. The van der Waals surface area contributed by atoms with E-state index in [1.807, 2.05) is 0 Å². The fraction of sp³-hybridized carbons (Fsp3) is 0.333. The van der Waals surface area contributed by atoms with Gasteiger partial charge in [-0.3, -0.25) is 4.79 Å². The lowest BCUT2D eigenvalue weighted by molar-refractivity contribution is 0.0938. The van der Waals surface area contributed by atoms with E-state index in [1.165, 1.54) is 19.2 Å². The third-order valence-electron chi connectivity index (χ3n) is 2.61. The Morgan fingerprint density at radius 2 is 2.32 bits per heavy atom. The molecule has 0 fully saturated rings. The van der Waals surface area contributed by atoms with E-state index in [0.29, 0.717) is 6.42 Å². The largest absolute Gasteiger partial charge is 0.496 e. The van der Waals surface area contributed by atoms with E-state index in [0.717, 1.165) is 6.07 Å². The Kier molecular flexibility index (Phi) is 5.11. The average Bonchev–Trinajstić information content (AvgIpc) is 2.43. The van der Waals surface area contributed by atoms with Crippen molar-refractivity contribution in [1.29, 1.82) is 0 Å². The first-order chi connectivity index (χ1) is 9.04. The van der Waals surface area contributed by atoms with Crippen LogP contribution in [0.2, 0.25) is 0 Å². The first kappa shape index (κ1) is 14.7. The number of nitrogens with two attached hydrogens (primary N) is 1. The molecule has 6 nitrogen and oxygen atoms in total. The molecule has 1 aromatic carbocycles. The number of carbonyl (C=O) groups excluding carboxylic acids is 1. The van der Waals surface area contributed by atoms with Crippen molar-refractivity contribution in [1.82, 2.24) is 5.32 Å². The molecule has 7 heteroatoms. The van der Waals surface area contributed by atoms with Gasteiger partial charge < -0.3 is 21.0 Å². The van der Waals surface area contributed by atoms with Crippen LogP contribution in [0.4, 0.5) is 4.39 Å². The van der Waals surface area contributed by atoms with Crippen molar-refractivity contribution in [2.75, 3.05) is 7.11 Å². The molecule has 0 aliphatic rings. The van der Waals surface area contributed by atoms with Crippen molar-refractivity contribution in [2.24, 2.45) is 10.9 Å². The number of amidine groups is 1. The molecule has 1 atom stereocenters. The number of hydrogen-bond acceptors (Lipinski definition) is 4. The maximum Gasteiger partial charge on any atom is 0.258 e. The van der Waals surface area contributed by atoms with Gasteiger partial charge in [-0.1, -0.05) is 18.1 Å². The van der Waals surface area contributed by atoms with Crippen LogP contribution in [0.5, 0.6) is 5.75 Å². The molecule has 0 aromatic heterocycles. The van der Waals surface area contributed by atoms with Crippen LogP contribution < -0.4 is 15.8 Å². The lowest BCUT2D eigenvalue weighted by Crippen LogP contribution is -2.44. The van der Waals surface area contributed by atoms with Crippen molar-refractivity contribution < 1.29 is 19.1 Å². The number of nitrogens with one attached hydrogen (secondary N) is 1. The first-order valence-electron chi connectivity index (χ1n) is 5.65. The van der Waals surface area contributed by atoms with E-state index in [2.05, 4.69) is 10.5 Å². The number of nitrogens with zero attached hydrogens (tertiary/aromatic N) is 1. The highest BCUT2D eigenvalue weighted by Gasteiger charge is 2.21. The SMILES string of the molecule is CCC(NC(=O)c1c(F)cccc1OC)C(N)=NO. The molecule has 1 unspecified atom stereocenters. The van der Waals surface area contributed by atoms with Gasteiger partial charge in [0.05, 0.1) is 13.2 Å². The van der Waals surface area contributed by atoms with Crippen LogP contribution in [0.1, 0.15) is 23.7 Å². The van der Waals surface area contributed by atoms with Gasteiger partial charge in [-0.2, -0.15) is 0 Å². The Labute approximate surface area is 110 Å². The van der Waals surface area contributed by atoms with E-state index in [1.54, 1.807) is 6.92 Å². The van der Waals surface area contributed by atoms with Gasteiger partial charge in [0.15, 0.2) is 5.84 Å². The second kappa shape index (κ2) is 6.58. The zero-order valence-corrected chi connectivity index (χ0v) is 10.7. The average molecular weight is 269 g/mol. The van der Waals surface area contributed by atoms with Crippen molar-refractivity contribution in [3.8, 4) is 5.75 Å². The molecule has 0 aliphatic carbocycles. The molecule has 1 aromatic rings. The molecular formula is C12H16FN3O3. The summed E-state index contributed by atoms with van der Waals surface area (Å²) >= 11 is 0. The molecule has 4 N–H and O–H groups in total. The highest BCUT2D eigenvalue weighted by molar-refractivity contribution is 6.00. The minimum absolute atomic E-state index is 0.117. The van der Waals surface area contributed by atoms with Crippen LogP contribution in [-0.4, -0.2) is 30.1 Å². The molecule has 0 spiro atoms. The van der Waals surface area contributed by atoms with Gasteiger partial charge in [0.2, 0.25) is 0 Å². The summed E-state index contributed by atoms with van der Waals surface area (Å²) in [6, 6.07) is 3.39. The maximum atomic E-state index is 13.7. The lowest BCUT2D eigenvalue weighted by atomic mass is 10.1. The van der Waals surface area contributed by atoms with E-state index in [-0.39, 0.29) is 17.1 Å². The molecule has 1 amide bonds. The predicted molar refractivity (Wildman–Crippen MR) is 67.9 cm³/mol. The molecule has 0 radical (unpaired) electrons. The molecule has 1 rings (SSSR count). The topological polar surface area (TPSA) is 96.9 Å². The van der Waals surface area contributed by atoms with E-state index < -0.39 is 17.8 Å². The number of rotatable bonds is 5. The Balaban J connectivity index is 3.01. The number of carbonyl (C=O) groups is 1. The van der Waals surface area contributed by atoms with Crippen LogP contribution in [-0.2, 0) is 0 Å². The summed E-state index contributed by atoms with van der Waals surface area (Å²) in [7, 11) is 1.34. The molecule has 0 saturated carbocycles. The van der Waals surface area contributed by atoms with Gasteiger partial charge in [0.1, 0.15) is 17.1 Å². The molecule has 104 valence electrons. The van der Waals surface area contributed by atoms with Gasteiger partial charge in [0, 0.05) is 0 Å². The minimum Gasteiger partial charge on any atom is -0.496 e. The molecule has 19 heavy (non-hydrogen) atoms. The van der Waals surface area contributed by atoms with Crippen LogP contribution in [0, 0.1) is 5.82 Å². The van der Waals surface area contributed by atoms with Gasteiger partial charge in [-0.15, -0.1) is 0 Å². The zero-order chi connectivity index (χ0) is 14.4. The molecular weight excluding hydrogens is 253 g/mol. The number of amides is 1. The quantitative estimate of drug-likeness (QED) is 0.322. The van der Waals surface area contributed by atoms with E-state index in [4.69, 9.17) is 15.7 Å². The van der Waals surface area contributed by atoms with Crippen LogP contribution in [0.25, 0.3) is 0 Å². The van der Waals surface area contributed by atoms with Crippen molar-refractivity contribution in [3.63, 3.8) is 0 Å². The third-order valence-corrected chi connectivity index (χ3v) is 2.61. The number of halogens is 1. The Bertz CT molecular complexity index is 491. The summed E-state index contributed by atoms with van der Waals surface area (Å²) in [6.07, 6.45) is 0.401. The highest BCUT2D eigenvalue weighted by atomic mass is 19.1. The number of hydrogen-bond donors (Lipinski definition) is 3. The summed E-state index contributed by atoms with van der Waals surface area (Å²) in [5.74, 6) is -1.42. The second-order valence-corrected chi connectivity index (χ2v) is 3.78. The Morgan fingerprint density at radius 1 is 1.63 bits per heavy atom. The van der Waals surface area contributed by atoms with Gasteiger partial charge in [-0.05, 0) is 18.6 Å². The fourth-order valence-electron chi connectivity index (χ4n) is 1.58. The second-order valence-electron chi connectivity index (χ2n) is 3.78. The lowest BCUT2D eigenvalue weighted by Gasteiger charge is -2.16. The number of oxime groups is 1. The summed E-state index contributed by atoms with van der Waals surface area (Å²) in [4.78, 5) is 12.0. The molecule has 0 heterocycles. The summed E-state index contributed by atoms with van der Waals surface area (Å²) < 4.78 is 18.6. The summed E-state index contributed by atoms with van der Waals surface area (Å²) in [5, 5.41) is 13.9. The number of methoxy groups -OCH3 is 1. The fourth-order valence-corrected chi connectivity index (χ4v) is 1.58. The number of benzene rings is 1. The van der Waals surface area contributed by atoms with Gasteiger partial charge >= 0.3 is 0 Å². The molecule has 0 saturated heterocycles. The Morgan fingerprint density at radius 3 is 2.84 bits per heavy atom. The van der Waals surface area contributed by atoms with Gasteiger partial charge in [0.25, 0.3) is 5.91 Å². The van der Waals surface area contributed by atoms with Crippen LogP contribution in [0.15, 0.2) is 23.4 Å². The van der Waals surface area contributed by atoms with Crippen molar-refractivity contribution in [3.05, 3.63) is 29.6 Å². The van der Waals surface area contributed by atoms with Crippen molar-refractivity contribution >= 4 is 11.7 Å². The van der Waals surface area contributed by atoms with Crippen molar-refractivity contribution in [2.45, 2.75) is 19.4 Å². The smallest absolute Gasteiger partial charge is 0.258 e. The Hall–Kier alpha value is -2.31. The normalized spacial score (nSPS) is 12.9. The predicted octanol–water partition coefficient (Wildman–Crippen LogP) is 1.09. The van der Waals surface area contributed by atoms with Crippen LogP contribution in [0.3, 0.4) is 0 Å². The maximum absolute atomic E-state index is 13.7. The van der Waals surface area contributed by atoms with E-state index in [9.17, 15) is 9.18 Å². The number of ether oxygens (including phenoxy) is 1. The third kappa shape index (κ3) is 3.34. The van der Waals surface area contributed by atoms with E-state index >= 15 is 0 Å². The summed E-state index contributed by atoms with van der Waals surface area (Å²) in [6.45, 7) is 1.74. The monoisotopic (exact) mass is 269 g/mol.